The van der Waals surface area contributed by atoms with Gasteiger partial charge in [0.1, 0.15) is 27.2 Å². The number of hydrogen-bond donors (Lipinski definition) is 3. The minimum Gasteiger partial charge on any atom is -0.397 e. The van der Waals surface area contributed by atoms with Crippen LogP contribution < -0.4 is 16.8 Å². The average molecular weight is 363 g/mol. The van der Waals surface area contributed by atoms with Crippen molar-refractivity contribution >= 4 is 39.0 Å². The number of nitrogens with one attached hydrogen (secondary N) is 1. The van der Waals surface area contributed by atoms with Crippen molar-refractivity contribution in [2.24, 2.45) is 0 Å². The minimum absolute atomic E-state index is 0.144. The van der Waals surface area contributed by atoms with Crippen LogP contribution in [0.3, 0.4) is 0 Å². The molecule has 130 valence electrons. The molecule has 1 aliphatic carbocycles. The number of rotatable bonds is 3. The van der Waals surface area contributed by atoms with Crippen molar-refractivity contribution in [3.05, 3.63) is 40.3 Å². The highest BCUT2D eigenvalue weighted by atomic mass is 32.1. The average Bonchev–Trinajstić information content (AvgIpc) is 3.37. The third-order valence-electron chi connectivity index (χ3n) is 4.48. The van der Waals surface area contributed by atoms with Gasteiger partial charge in [-0.3, -0.25) is 4.79 Å². The summed E-state index contributed by atoms with van der Waals surface area (Å²) >= 11 is 1.21. The van der Waals surface area contributed by atoms with Gasteiger partial charge in [0, 0.05) is 17.0 Å². The van der Waals surface area contributed by atoms with E-state index in [1.54, 1.807) is 0 Å². The van der Waals surface area contributed by atoms with E-state index in [0.29, 0.717) is 26.3 Å². The zero-order chi connectivity index (χ0) is 18.4. The van der Waals surface area contributed by atoms with Crippen LogP contribution in [-0.4, -0.2) is 16.9 Å². The van der Waals surface area contributed by atoms with Crippen LogP contribution in [0, 0.1) is 18.3 Å². The van der Waals surface area contributed by atoms with Crippen LogP contribution in [0.1, 0.15) is 33.6 Å². The number of nitrogens with two attached hydrogens (primary N) is 2. The molecule has 2 heterocycles. The van der Waals surface area contributed by atoms with E-state index < -0.39 is 0 Å². The summed E-state index contributed by atoms with van der Waals surface area (Å²) in [6.45, 7) is 1.99. The van der Waals surface area contributed by atoms with Gasteiger partial charge in [-0.05, 0) is 25.3 Å². The monoisotopic (exact) mass is 363 g/mol. The van der Waals surface area contributed by atoms with Crippen LogP contribution in [0.4, 0.5) is 11.5 Å². The molecule has 1 fully saturated rings. The maximum Gasteiger partial charge on any atom is 0.263 e. The number of anilines is 2. The maximum atomic E-state index is 12.5. The topological polar surface area (TPSA) is 118 Å². The fraction of sp³-hybridized carbons (Fsp3) is 0.211. The first-order chi connectivity index (χ1) is 12.5. The standard InChI is InChI=1S/C19H17N5OS/c1-9-2-4-10(5-3-9)13-12(8-20)17(22)24-19-14(13)15(21)16(26-19)18(25)23-11-6-7-11/h2-5,11H,6-7,21H2,1H3,(H2,22,24)(H,23,25). The Morgan fingerprint density at radius 2 is 2.00 bits per heavy atom. The SMILES string of the molecule is Cc1ccc(-c2c(C#N)c(N)nc3sc(C(=O)NC4CC4)c(N)c23)cc1. The van der Waals surface area contributed by atoms with E-state index >= 15 is 0 Å². The largest absolute Gasteiger partial charge is 0.397 e. The normalized spacial score (nSPS) is 13.5. The molecule has 0 saturated heterocycles. The van der Waals surface area contributed by atoms with E-state index in [2.05, 4.69) is 16.4 Å². The summed E-state index contributed by atoms with van der Waals surface area (Å²) in [5.41, 5.74) is 15.6. The van der Waals surface area contributed by atoms with Crippen LogP contribution in [0.5, 0.6) is 0 Å². The Hall–Kier alpha value is -3.11. The number of carbonyl (C=O) groups excluding carboxylic acids is 1. The summed E-state index contributed by atoms with van der Waals surface area (Å²) in [4.78, 5) is 17.8. The third kappa shape index (κ3) is 2.65. The van der Waals surface area contributed by atoms with E-state index in [-0.39, 0.29) is 23.3 Å². The van der Waals surface area contributed by atoms with Crippen LogP contribution >= 0.6 is 11.3 Å². The summed E-state index contributed by atoms with van der Waals surface area (Å²) in [5.74, 6) is -0.0501. The van der Waals surface area contributed by atoms with Crippen molar-refractivity contribution < 1.29 is 4.79 Å². The van der Waals surface area contributed by atoms with Crippen LogP contribution in [0.2, 0.25) is 0 Å². The van der Waals surface area contributed by atoms with Crippen molar-refractivity contribution in [3.63, 3.8) is 0 Å². The summed E-state index contributed by atoms with van der Waals surface area (Å²) < 4.78 is 0. The van der Waals surface area contributed by atoms with E-state index in [9.17, 15) is 10.1 Å². The zero-order valence-corrected chi connectivity index (χ0v) is 15.0. The fourth-order valence-electron chi connectivity index (χ4n) is 2.94. The first kappa shape index (κ1) is 16.4. The van der Waals surface area contributed by atoms with Gasteiger partial charge in [0.2, 0.25) is 0 Å². The predicted octanol–water partition coefficient (Wildman–Crippen LogP) is 3.20. The lowest BCUT2D eigenvalue weighted by atomic mass is 9.96. The molecule has 0 spiro atoms. The van der Waals surface area contributed by atoms with E-state index in [0.717, 1.165) is 24.0 Å². The molecule has 1 aliphatic rings. The number of carbonyl (C=O) groups is 1. The number of nitrogens with zero attached hydrogens (tertiary/aromatic N) is 2. The molecule has 0 bridgehead atoms. The Balaban J connectivity index is 1.98. The van der Waals surface area contributed by atoms with Gasteiger partial charge in [-0.1, -0.05) is 29.8 Å². The summed E-state index contributed by atoms with van der Waals surface area (Å²) in [6.07, 6.45) is 1.99. The number of amides is 1. The van der Waals surface area contributed by atoms with Crippen LogP contribution in [0.15, 0.2) is 24.3 Å². The predicted molar refractivity (Wildman–Crippen MR) is 104 cm³/mol. The van der Waals surface area contributed by atoms with Gasteiger partial charge in [0.05, 0.1) is 5.69 Å². The molecule has 0 unspecified atom stereocenters. The van der Waals surface area contributed by atoms with Crippen LogP contribution in [0.25, 0.3) is 21.3 Å². The molecular formula is C19H17N5OS. The molecule has 1 saturated carbocycles. The molecule has 4 rings (SSSR count). The molecule has 1 amide bonds. The number of benzene rings is 1. The highest BCUT2D eigenvalue weighted by Gasteiger charge is 2.28. The van der Waals surface area contributed by atoms with Crippen molar-refractivity contribution in [1.82, 2.24) is 10.3 Å². The molecule has 2 aromatic heterocycles. The van der Waals surface area contributed by atoms with Gasteiger partial charge in [-0.15, -0.1) is 11.3 Å². The number of hydrogen-bond acceptors (Lipinski definition) is 6. The molecule has 7 heteroatoms. The molecule has 5 N–H and O–H groups in total. The minimum atomic E-state index is -0.195. The van der Waals surface area contributed by atoms with Gasteiger partial charge in [0.25, 0.3) is 5.91 Å². The second kappa shape index (κ2) is 6.00. The van der Waals surface area contributed by atoms with E-state index in [1.165, 1.54) is 11.3 Å². The van der Waals surface area contributed by atoms with Crippen molar-refractivity contribution in [3.8, 4) is 17.2 Å². The highest BCUT2D eigenvalue weighted by molar-refractivity contribution is 7.21. The summed E-state index contributed by atoms with van der Waals surface area (Å²) in [5, 5.41) is 13.2. The maximum absolute atomic E-state index is 12.5. The molecule has 0 radical (unpaired) electrons. The quantitative estimate of drug-likeness (QED) is 0.660. The lowest BCUT2D eigenvalue weighted by Crippen LogP contribution is -2.25. The number of nitrogen functional groups attached to an aromatic ring is 2. The number of nitriles is 1. The summed E-state index contributed by atoms with van der Waals surface area (Å²) in [7, 11) is 0. The smallest absolute Gasteiger partial charge is 0.263 e. The number of aryl methyl sites for hydroxylation is 1. The van der Waals surface area contributed by atoms with Crippen molar-refractivity contribution in [2.75, 3.05) is 11.5 Å². The number of pyridine rings is 1. The molecule has 3 aromatic rings. The Kier molecular flexibility index (Phi) is 3.78. The van der Waals surface area contributed by atoms with Gasteiger partial charge < -0.3 is 16.8 Å². The summed E-state index contributed by atoms with van der Waals surface area (Å²) in [6, 6.07) is 10.1. The van der Waals surface area contributed by atoms with Gasteiger partial charge in [0.15, 0.2) is 0 Å². The second-order valence-corrected chi connectivity index (χ2v) is 7.50. The Morgan fingerprint density at radius 3 is 2.62 bits per heavy atom. The molecular weight excluding hydrogens is 346 g/mol. The Morgan fingerprint density at radius 1 is 1.31 bits per heavy atom. The Labute approximate surface area is 154 Å². The molecule has 6 nitrogen and oxygen atoms in total. The molecule has 0 aliphatic heterocycles. The van der Waals surface area contributed by atoms with E-state index in [4.69, 9.17) is 11.5 Å². The molecule has 0 atom stereocenters. The first-order valence-corrected chi connectivity index (χ1v) is 9.10. The molecule has 1 aromatic carbocycles. The third-order valence-corrected chi connectivity index (χ3v) is 5.57. The zero-order valence-electron chi connectivity index (χ0n) is 14.2. The van der Waals surface area contributed by atoms with Gasteiger partial charge >= 0.3 is 0 Å². The molecule has 26 heavy (non-hydrogen) atoms. The lowest BCUT2D eigenvalue weighted by molar-refractivity contribution is 0.0956. The highest BCUT2D eigenvalue weighted by Crippen LogP contribution is 2.42. The van der Waals surface area contributed by atoms with Gasteiger partial charge in [-0.2, -0.15) is 5.26 Å². The van der Waals surface area contributed by atoms with Crippen molar-refractivity contribution in [1.29, 1.82) is 5.26 Å². The number of aromatic nitrogens is 1. The second-order valence-electron chi connectivity index (χ2n) is 6.50. The lowest BCUT2D eigenvalue weighted by Gasteiger charge is -2.10. The number of thiophene rings is 1. The van der Waals surface area contributed by atoms with Gasteiger partial charge in [-0.25, -0.2) is 4.98 Å². The fourth-order valence-corrected chi connectivity index (χ4v) is 3.95. The van der Waals surface area contributed by atoms with Crippen molar-refractivity contribution in [2.45, 2.75) is 25.8 Å². The Bertz CT molecular complexity index is 1070. The van der Waals surface area contributed by atoms with Crippen LogP contribution in [-0.2, 0) is 0 Å². The van der Waals surface area contributed by atoms with E-state index in [1.807, 2.05) is 31.2 Å². The number of fused-ring (bicyclic) bond motifs is 1. The first-order valence-electron chi connectivity index (χ1n) is 8.29.